The Morgan fingerprint density at radius 2 is 1.89 bits per heavy atom. The third kappa shape index (κ3) is 1.21. The summed E-state index contributed by atoms with van der Waals surface area (Å²) < 4.78 is 23.7. The Balaban J connectivity index is 2.42. The molecule has 1 saturated carbocycles. The van der Waals surface area contributed by atoms with Gasteiger partial charge in [-0.1, -0.05) is 6.92 Å². The molecule has 1 fully saturated rings. The summed E-state index contributed by atoms with van der Waals surface area (Å²) in [4.78, 5) is 0. The first-order valence-electron chi connectivity index (χ1n) is 3.10. The quantitative estimate of drug-likeness (QED) is 0.608. The molecule has 1 unspecified atom stereocenters. The molecule has 0 heterocycles. The van der Waals surface area contributed by atoms with Gasteiger partial charge in [0.2, 0.25) is 0 Å². The van der Waals surface area contributed by atoms with Crippen molar-refractivity contribution in [3.05, 3.63) is 0 Å². The van der Waals surface area contributed by atoms with Crippen molar-refractivity contribution in [1.82, 2.24) is 0 Å². The summed E-state index contributed by atoms with van der Waals surface area (Å²) in [6.07, 6.45) is -0.630. The standard InChI is InChI=1S/C6H11F2N/c1-6(2-3-6)4(9)5(7)8/h4-5H,2-3,9H2,1H3. The van der Waals surface area contributed by atoms with Crippen LogP contribution < -0.4 is 5.73 Å². The van der Waals surface area contributed by atoms with Crippen molar-refractivity contribution in [2.24, 2.45) is 11.1 Å². The fraction of sp³-hybridized carbons (Fsp3) is 1.00. The average Bonchev–Trinajstić information content (AvgIpc) is 2.47. The molecule has 1 aliphatic rings. The number of nitrogens with two attached hydrogens (primary N) is 1. The van der Waals surface area contributed by atoms with Crippen molar-refractivity contribution in [2.45, 2.75) is 32.2 Å². The van der Waals surface area contributed by atoms with Crippen molar-refractivity contribution in [3.8, 4) is 0 Å². The van der Waals surface area contributed by atoms with Gasteiger partial charge < -0.3 is 5.73 Å². The van der Waals surface area contributed by atoms with E-state index in [0.717, 1.165) is 12.8 Å². The molecule has 0 aromatic carbocycles. The number of rotatable bonds is 2. The first-order valence-corrected chi connectivity index (χ1v) is 3.10. The highest BCUT2D eigenvalue weighted by molar-refractivity contribution is 4.98. The van der Waals surface area contributed by atoms with Crippen molar-refractivity contribution < 1.29 is 8.78 Å². The monoisotopic (exact) mass is 135 g/mol. The summed E-state index contributed by atoms with van der Waals surface area (Å²) in [5.74, 6) is 0. The SMILES string of the molecule is CC1(C(N)C(F)F)CC1. The van der Waals surface area contributed by atoms with Crippen LogP contribution in [-0.4, -0.2) is 12.5 Å². The zero-order valence-electron chi connectivity index (χ0n) is 5.40. The topological polar surface area (TPSA) is 26.0 Å². The Morgan fingerprint density at radius 1 is 1.44 bits per heavy atom. The maximum absolute atomic E-state index is 11.8. The van der Waals surface area contributed by atoms with Crippen LogP contribution in [0.15, 0.2) is 0 Å². The van der Waals surface area contributed by atoms with E-state index in [1.807, 2.05) is 6.92 Å². The molecule has 1 aliphatic carbocycles. The van der Waals surface area contributed by atoms with E-state index in [2.05, 4.69) is 0 Å². The van der Waals surface area contributed by atoms with Gasteiger partial charge in [-0.15, -0.1) is 0 Å². The fourth-order valence-electron chi connectivity index (χ4n) is 0.835. The maximum Gasteiger partial charge on any atom is 0.254 e. The molecule has 0 amide bonds. The molecule has 0 spiro atoms. The summed E-state index contributed by atoms with van der Waals surface area (Å²) >= 11 is 0. The minimum atomic E-state index is -2.35. The van der Waals surface area contributed by atoms with Gasteiger partial charge in [0.25, 0.3) is 6.43 Å². The summed E-state index contributed by atoms with van der Waals surface area (Å²) in [5.41, 5.74) is 4.96. The Morgan fingerprint density at radius 3 is 2.00 bits per heavy atom. The van der Waals surface area contributed by atoms with E-state index in [1.165, 1.54) is 0 Å². The second-order valence-corrected chi connectivity index (χ2v) is 3.01. The third-order valence-corrected chi connectivity index (χ3v) is 2.11. The van der Waals surface area contributed by atoms with Crippen LogP contribution in [0.1, 0.15) is 19.8 Å². The smallest absolute Gasteiger partial charge is 0.254 e. The lowest BCUT2D eigenvalue weighted by Gasteiger charge is -2.16. The molecule has 2 N–H and O–H groups in total. The first-order chi connectivity index (χ1) is 4.06. The van der Waals surface area contributed by atoms with E-state index in [4.69, 9.17) is 5.73 Å². The molecule has 3 heteroatoms. The van der Waals surface area contributed by atoms with E-state index in [-0.39, 0.29) is 5.41 Å². The highest BCUT2D eigenvalue weighted by Crippen LogP contribution is 2.48. The average molecular weight is 135 g/mol. The normalized spacial score (nSPS) is 26.3. The largest absolute Gasteiger partial charge is 0.322 e. The molecule has 0 radical (unpaired) electrons. The molecule has 1 atom stereocenters. The lowest BCUT2D eigenvalue weighted by molar-refractivity contribution is 0.0860. The van der Waals surface area contributed by atoms with Crippen molar-refractivity contribution in [3.63, 3.8) is 0 Å². The van der Waals surface area contributed by atoms with E-state index in [1.54, 1.807) is 0 Å². The van der Waals surface area contributed by atoms with Crippen LogP contribution in [-0.2, 0) is 0 Å². The van der Waals surface area contributed by atoms with Crippen LogP contribution in [0.3, 0.4) is 0 Å². The molecule has 1 rings (SSSR count). The van der Waals surface area contributed by atoms with Gasteiger partial charge in [-0.25, -0.2) is 8.78 Å². The van der Waals surface area contributed by atoms with Gasteiger partial charge in [0, 0.05) is 0 Å². The van der Waals surface area contributed by atoms with Gasteiger partial charge >= 0.3 is 0 Å². The Kier molecular flexibility index (Phi) is 1.47. The molecular formula is C6H11F2N. The lowest BCUT2D eigenvalue weighted by atomic mass is 10.0. The van der Waals surface area contributed by atoms with Gasteiger partial charge in [-0.05, 0) is 18.3 Å². The van der Waals surface area contributed by atoms with Gasteiger partial charge in [-0.2, -0.15) is 0 Å². The van der Waals surface area contributed by atoms with Crippen molar-refractivity contribution >= 4 is 0 Å². The van der Waals surface area contributed by atoms with Crippen LogP contribution in [0.25, 0.3) is 0 Å². The van der Waals surface area contributed by atoms with E-state index in [0.29, 0.717) is 0 Å². The van der Waals surface area contributed by atoms with Gasteiger partial charge in [0.1, 0.15) is 0 Å². The third-order valence-electron chi connectivity index (χ3n) is 2.11. The molecule has 0 aromatic rings. The number of halogens is 2. The number of hydrogen-bond donors (Lipinski definition) is 1. The maximum atomic E-state index is 11.8. The molecule has 1 nitrogen and oxygen atoms in total. The fourth-order valence-corrected chi connectivity index (χ4v) is 0.835. The van der Waals surface area contributed by atoms with Crippen LogP contribution in [0.2, 0.25) is 0 Å². The first kappa shape index (κ1) is 6.93. The predicted octanol–water partition coefficient (Wildman–Crippen LogP) is 1.38. The van der Waals surface area contributed by atoms with Crippen LogP contribution in [0.5, 0.6) is 0 Å². The Labute approximate surface area is 53.2 Å². The van der Waals surface area contributed by atoms with Crippen LogP contribution in [0.4, 0.5) is 8.78 Å². The zero-order chi connectivity index (χ0) is 7.07. The molecular weight excluding hydrogens is 124 g/mol. The van der Waals surface area contributed by atoms with Gasteiger partial charge in [0.15, 0.2) is 0 Å². The van der Waals surface area contributed by atoms with Crippen LogP contribution >= 0.6 is 0 Å². The molecule has 0 saturated heterocycles. The minimum Gasteiger partial charge on any atom is -0.322 e. The van der Waals surface area contributed by atoms with Crippen LogP contribution in [0, 0.1) is 5.41 Å². The number of hydrogen-bond acceptors (Lipinski definition) is 1. The summed E-state index contributed by atoms with van der Waals surface area (Å²) in [7, 11) is 0. The molecule has 9 heavy (non-hydrogen) atoms. The summed E-state index contributed by atoms with van der Waals surface area (Å²) in [5, 5.41) is 0. The van der Waals surface area contributed by atoms with Gasteiger partial charge in [0.05, 0.1) is 6.04 Å². The summed E-state index contributed by atoms with van der Waals surface area (Å²) in [6.45, 7) is 1.81. The summed E-state index contributed by atoms with van der Waals surface area (Å²) in [6, 6.07) is -0.905. The second kappa shape index (κ2) is 1.90. The zero-order valence-corrected chi connectivity index (χ0v) is 5.40. The van der Waals surface area contributed by atoms with E-state index < -0.39 is 12.5 Å². The second-order valence-electron chi connectivity index (χ2n) is 3.01. The molecule has 0 aromatic heterocycles. The molecule has 0 bridgehead atoms. The molecule has 0 aliphatic heterocycles. The Hall–Kier alpha value is -0.180. The van der Waals surface area contributed by atoms with Crippen molar-refractivity contribution in [1.29, 1.82) is 0 Å². The number of alkyl halides is 2. The van der Waals surface area contributed by atoms with E-state index >= 15 is 0 Å². The minimum absolute atomic E-state index is 0.242. The molecule has 54 valence electrons. The Bertz CT molecular complexity index is 110. The van der Waals surface area contributed by atoms with E-state index in [9.17, 15) is 8.78 Å². The highest BCUT2D eigenvalue weighted by Gasteiger charge is 2.46. The predicted molar refractivity (Wildman–Crippen MR) is 31.3 cm³/mol. The highest BCUT2D eigenvalue weighted by atomic mass is 19.3. The van der Waals surface area contributed by atoms with Crippen molar-refractivity contribution in [2.75, 3.05) is 0 Å². The van der Waals surface area contributed by atoms with Gasteiger partial charge in [-0.3, -0.25) is 0 Å². The lowest BCUT2D eigenvalue weighted by Crippen LogP contribution is -2.36.